The topological polar surface area (TPSA) is 132 Å². The zero-order valence-electron chi connectivity index (χ0n) is 22.9. The van der Waals surface area contributed by atoms with Crippen LogP contribution >= 0.6 is 11.6 Å². The number of pyridine rings is 1. The lowest BCUT2D eigenvalue weighted by atomic mass is 10.0. The number of rotatable bonds is 7. The fraction of sp³-hybridized carbons (Fsp3) is 0.345. The van der Waals surface area contributed by atoms with E-state index in [0.29, 0.717) is 47.5 Å². The lowest BCUT2D eigenvalue weighted by molar-refractivity contribution is 0.0392. The Hall–Kier alpha value is -4.06. The predicted octanol–water partition coefficient (Wildman–Crippen LogP) is 3.09. The Kier molecular flexibility index (Phi) is 7.33. The summed E-state index contributed by atoms with van der Waals surface area (Å²) in [5.74, 6) is 0.329. The number of halogens is 1. The molecule has 4 aromatic rings. The van der Waals surface area contributed by atoms with E-state index in [1.54, 1.807) is 39.9 Å². The summed E-state index contributed by atoms with van der Waals surface area (Å²) in [6.45, 7) is 1.49. The number of hydrogen-bond acceptors (Lipinski definition) is 8. The highest BCUT2D eigenvalue weighted by molar-refractivity contribution is 6.35. The number of ether oxygens (including phenoxy) is 1. The van der Waals surface area contributed by atoms with Gasteiger partial charge in [0.1, 0.15) is 5.75 Å². The van der Waals surface area contributed by atoms with Crippen LogP contribution < -0.4 is 15.8 Å². The molecule has 0 unspecified atom stereocenters. The second kappa shape index (κ2) is 11.1. The molecule has 6 rings (SSSR count). The van der Waals surface area contributed by atoms with Gasteiger partial charge in [-0.1, -0.05) is 22.9 Å². The predicted molar refractivity (Wildman–Crippen MR) is 155 cm³/mol. The van der Waals surface area contributed by atoms with Crippen LogP contribution in [-0.4, -0.2) is 81.5 Å². The first kappa shape index (κ1) is 27.1. The minimum absolute atomic E-state index is 0.182. The van der Waals surface area contributed by atoms with Gasteiger partial charge in [0.25, 0.3) is 11.8 Å². The van der Waals surface area contributed by atoms with Crippen molar-refractivity contribution in [2.24, 2.45) is 5.73 Å². The first-order chi connectivity index (χ1) is 19.9. The molecular formula is C29H31ClN8O3. The first-order valence-electron chi connectivity index (χ1n) is 13.6. The minimum atomic E-state index is -0.659. The highest BCUT2D eigenvalue weighted by atomic mass is 35.5. The summed E-state index contributed by atoms with van der Waals surface area (Å²) in [7, 11) is 3.52. The number of nitrogens with two attached hydrogens (primary N) is 1. The molecule has 1 aliphatic carbocycles. The maximum absolute atomic E-state index is 13.5. The van der Waals surface area contributed by atoms with Crippen LogP contribution in [0, 0.1) is 0 Å². The molecule has 212 valence electrons. The maximum atomic E-state index is 13.5. The highest BCUT2D eigenvalue weighted by Gasteiger charge is 2.33. The monoisotopic (exact) mass is 574 g/mol. The summed E-state index contributed by atoms with van der Waals surface area (Å²) in [4.78, 5) is 34.6. The molecule has 41 heavy (non-hydrogen) atoms. The minimum Gasteiger partial charge on any atom is -0.496 e. The Balaban J connectivity index is 1.20. The molecule has 1 saturated heterocycles. The number of carbonyl (C=O) groups is 2. The van der Waals surface area contributed by atoms with Gasteiger partial charge in [-0.2, -0.15) is 0 Å². The summed E-state index contributed by atoms with van der Waals surface area (Å²) >= 11 is 6.65. The van der Waals surface area contributed by atoms with Crippen LogP contribution in [0.25, 0.3) is 22.2 Å². The number of hydrogen-bond donors (Lipinski definition) is 2. The van der Waals surface area contributed by atoms with Gasteiger partial charge in [0.15, 0.2) is 5.69 Å². The second-order valence-corrected chi connectivity index (χ2v) is 10.8. The largest absolute Gasteiger partial charge is 0.496 e. The fourth-order valence-corrected chi connectivity index (χ4v) is 5.47. The number of fused-ring (bicyclic) bond motifs is 1. The number of nitrogens with zero attached hydrogens (tertiary/aromatic N) is 6. The third kappa shape index (κ3) is 5.35. The van der Waals surface area contributed by atoms with Crippen LogP contribution in [0.15, 0.2) is 48.7 Å². The molecule has 0 spiro atoms. The van der Waals surface area contributed by atoms with Crippen molar-refractivity contribution in [1.82, 2.24) is 35.1 Å². The summed E-state index contributed by atoms with van der Waals surface area (Å²) < 4.78 is 7.21. The van der Waals surface area contributed by atoms with Gasteiger partial charge < -0.3 is 25.6 Å². The van der Waals surface area contributed by atoms with E-state index in [1.165, 1.54) is 0 Å². The molecule has 11 nitrogen and oxygen atoms in total. The Morgan fingerprint density at radius 2 is 1.95 bits per heavy atom. The molecule has 1 aliphatic heterocycles. The van der Waals surface area contributed by atoms with E-state index < -0.39 is 6.17 Å². The van der Waals surface area contributed by atoms with Crippen LogP contribution in [0.3, 0.4) is 0 Å². The quantitative estimate of drug-likeness (QED) is 0.344. The Morgan fingerprint density at radius 1 is 1.12 bits per heavy atom. The number of methoxy groups -OCH3 is 1. The SMILES string of the molecule is CNCc1cc(-c2cc(Cl)c3ccc(C(=O)N4CCN(C(=O)c5cn(C6CC6)nn5)[C@H](N)C4)cc3n2)ccc1OC. The van der Waals surface area contributed by atoms with E-state index >= 15 is 0 Å². The average Bonchev–Trinajstić information content (AvgIpc) is 3.72. The van der Waals surface area contributed by atoms with Crippen molar-refractivity contribution in [1.29, 1.82) is 0 Å². The van der Waals surface area contributed by atoms with Gasteiger partial charge >= 0.3 is 0 Å². The third-order valence-corrected chi connectivity index (χ3v) is 7.88. The van der Waals surface area contributed by atoms with Crippen molar-refractivity contribution >= 4 is 34.3 Å². The molecule has 2 fully saturated rings. The molecular weight excluding hydrogens is 544 g/mol. The lowest BCUT2D eigenvalue weighted by Crippen LogP contribution is -2.60. The lowest BCUT2D eigenvalue weighted by Gasteiger charge is -2.39. The van der Waals surface area contributed by atoms with Crippen molar-refractivity contribution in [2.75, 3.05) is 33.8 Å². The maximum Gasteiger partial charge on any atom is 0.277 e. The van der Waals surface area contributed by atoms with E-state index in [0.717, 1.165) is 35.1 Å². The third-order valence-electron chi connectivity index (χ3n) is 7.57. The Labute approximate surface area is 242 Å². The summed E-state index contributed by atoms with van der Waals surface area (Å²) in [5.41, 5.74) is 10.3. The number of carbonyl (C=O) groups excluding carboxylic acids is 2. The number of amides is 2. The molecule has 2 amide bonds. The zero-order chi connectivity index (χ0) is 28.7. The Morgan fingerprint density at radius 3 is 2.68 bits per heavy atom. The average molecular weight is 575 g/mol. The number of benzene rings is 2. The molecule has 1 atom stereocenters. The molecule has 3 N–H and O–H groups in total. The second-order valence-electron chi connectivity index (χ2n) is 10.4. The molecule has 2 aromatic heterocycles. The van der Waals surface area contributed by atoms with Gasteiger partial charge in [-0.05, 0) is 56.3 Å². The van der Waals surface area contributed by atoms with Gasteiger partial charge in [-0.15, -0.1) is 5.10 Å². The van der Waals surface area contributed by atoms with Crippen LogP contribution in [0.5, 0.6) is 5.75 Å². The van der Waals surface area contributed by atoms with Gasteiger partial charge in [0.05, 0.1) is 48.3 Å². The Bertz CT molecular complexity index is 1640. The number of aromatic nitrogens is 4. The molecule has 12 heteroatoms. The standard InChI is InChI=1S/C29H31ClN8O3/c1-32-14-19-11-17(4-8-26(19)41-2)23-13-22(30)21-7-3-18(12-24(21)33-23)28(39)36-9-10-37(27(31)16-36)29(40)25-15-38(35-34-25)20-5-6-20/h3-4,7-8,11-13,15,20,27,32H,5-6,9-10,14,16,31H2,1-2H3/t27-/m0/s1. The van der Waals surface area contributed by atoms with Gasteiger partial charge in [-0.3, -0.25) is 9.59 Å². The van der Waals surface area contributed by atoms with Crippen molar-refractivity contribution in [3.8, 4) is 17.0 Å². The van der Waals surface area contributed by atoms with Crippen molar-refractivity contribution in [3.63, 3.8) is 0 Å². The van der Waals surface area contributed by atoms with Crippen LogP contribution in [0.2, 0.25) is 5.02 Å². The van der Waals surface area contributed by atoms with Gasteiger partial charge in [-0.25, -0.2) is 9.67 Å². The van der Waals surface area contributed by atoms with Crippen LogP contribution in [0.4, 0.5) is 0 Å². The normalized spacial score (nSPS) is 17.2. The van der Waals surface area contributed by atoms with Crippen LogP contribution in [-0.2, 0) is 6.54 Å². The number of piperazine rings is 1. The molecule has 0 bridgehead atoms. The van der Waals surface area contributed by atoms with E-state index in [1.807, 2.05) is 37.4 Å². The molecule has 0 radical (unpaired) electrons. The summed E-state index contributed by atoms with van der Waals surface area (Å²) in [6.07, 6.45) is 3.12. The van der Waals surface area contributed by atoms with Crippen molar-refractivity contribution < 1.29 is 14.3 Å². The number of nitrogens with one attached hydrogen (secondary N) is 1. The van der Waals surface area contributed by atoms with E-state index in [2.05, 4.69) is 15.6 Å². The fourth-order valence-electron chi connectivity index (χ4n) is 5.20. The van der Waals surface area contributed by atoms with Crippen molar-refractivity contribution in [2.45, 2.75) is 31.6 Å². The smallest absolute Gasteiger partial charge is 0.277 e. The van der Waals surface area contributed by atoms with E-state index in [9.17, 15) is 9.59 Å². The first-order valence-corrected chi connectivity index (χ1v) is 13.9. The molecule has 2 aromatic carbocycles. The van der Waals surface area contributed by atoms with Crippen molar-refractivity contribution in [3.05, 3.63) is 70.5 Å². The van der Waals surface area contributed by atoms with E-state index in [-0.39, 0.29) is 24.1 Å². The molecule has 3 heterocycles. The van der Waals surface area contributed by atoms with E-state index in [4.69, 9.17) is 27.1 Å². The molecule has 1 saturated carbocycles. The molecule has 2 aliphatic rings. The summed E-state index contributed by atoms with van der Waals surface area (Å²) in [6, 6.07) is 13.3. The highest BCUT2D eigenvalue weighted by Crippen LogP contribution is 2.34. The van der Waals surface area contributed by atoms with Crippen LogP contribution in [0.1, 0.15) is 45.3 Å². The zero-order valence-corrected chi connectivity index (χ0v) is 23.6. The summed E-state index contributed by atoms with van der Waals surface area (Å²) in [5, 5.41) is 12.6. The van der Waals surface area contributed by atoms with Gasteiger partial charge in [0.2, 0.25) is 0 Å². The van der Waals surface area contributed by atoms with Gasteiger partial charge in [0, 0.05) is 41.7 Å².